The molecule has 2 aromatic rings. The zero-order valence-electron chi connectivity index (χ0n) is 9.74. The van der Waals surface area contributed by atoms with Crippen molar-refractivity contribution in [1.29, 1.82) is 0 Å². The number of fused-ring (bicyclic) bond motifs is 1. The predicted molar refractivity (Wildman–Crippen MR) is 66.1 cm³/mol. The Labute approximate surface area is 109 Å². The van der Waals surface area contributed by atoms with Crippen molar-refractivity contribution < 1.29 is 4.74 Å². The summed E-state index contributed by atoms with van der Waals surface area (Å²) in [7, 11) is 0. The van der Waals surface area contributed by atoms with Gasteiger partial charge in [0.25, 0.3) is 5.78 Å². The highest BCUT2D eigenvalue weighted by Crippen LogP contribution is 2.30. The zero-order valence-corrected chi connectivity index (χ0v) is 11.2. The molecule has 0 fully saturated rings. The normalized spacial score (nSPS) is 11.4. The van der Waals surface area contributed by atoms with Gasteiger partial charge in [-0.05, 0) is 12.8 Å². The van der Waals surface area contributed by atoms with Gasteiger partial charge in [0.2, 0.25) is 0 Å². The lowest BCUT2D eigenvalue weighted by Gasteiger charge is -2.09. The molecule has 5 nitrogen and oxygen atoms in total. The van der Waals surface area contributed by atoms with Crippen molar-refractivity contribution in [3.8, 4) is 6.01 Å². The highest BCUT2D eigenvalue weighted by atomic mass is 35.5. The van der Waals surface area contributed by atoms with Crippen LogP contribution >= 0.6 is 23.2 Å². The van der Waals surface area contributed by atoms with Crippen LogP contribution in [0.5, 0.6) is 6.01 Å². The fourth-order valence-electron chi connectivity index (χ4n) is 1.50. The van der Waals surface area contributed by atoms with Crippen LogP contribution in [0.25, 0.3) is 5.78 Å². The van der Waals surface area contributed by atoms with Crippen LogP contribution in [0.2, 0.25) is 10.3 Å². The molecule has 0 amide bonds. The van der Waals surface area contributed by atoms with E-state index in [2.05, 4.69) is 15.1 Å². The van der Waals surface area contributed by atoms with Crippen molar-refractivity contribution in [2.75, 3.05) is 6.61 Å². The fraction of sp³-hybridized carbons (Fsp3) is 0.500. The van der Waals surface area contributed by atoms with Crippen molar-refractivity contribution in [3.05, 3.63) is 15.9 Å². The van der Waals surface area contributed by atoms with Crippen molar-refractivity contribution >= 4 is 29.0 Å². The third-order valence-electron chi connectivity index (χ3n) is 2.25. The van der Waals surface area contributed by atoms with Gasteiger partial charge in [-0.15, -0.1) is 5.10 Å². The van der Waals surface area contributed by atoms with Crippen LogP contribution in [-0.4, -0.2) is 26.2 Å². The van der Waals surface area contributed by atoms with E-state index in [0.717, 1.165) is 5.56 Å². The molecule has 0 bridgehead atoms. The van der Waals surface area contributed by atoms with E-state index in [0.29, 0.717) is 22.7 Å². The maximum Gasteiger partial charge on any atom is 0.337 e. The lowest BCUT2D eigenvalue weighted by molar-refractivity contribution is 0.313. The van der Waals surface area contributed by atoms with Gasteiger partial charge in [0, 0.05) is 5.56 Å². The summed E-state index contributed by atoms with van der Waals surface area (Å²) in [4.78, 5) is 8.23. The summed E-state index contributed by atoms with van der Waals surface area (Å²) in [5.41, 5.74) is 0.758. The predicted octanol–water partition coefficient (Wildman–Crippen LogP) is 2.95. The topological polar surface area (TPSA) is 52.3 Å². The maximum absolute atomic E-state index is 6.24. The first kappa shape index (κ1) is 12.4. The summed E-state index contributed by atoms with van der Waals surface area (Å²) >= 11 is 12.3. The van der Waals surface area contributed by atoms with Gasteiger partial charge in [-0.2, -0.15) is 14.5 Å². The molecule has 0 aliphatic rings. The average Bonchev–Trinajstić information content (AvgIpc) is 2.60. The Bertz CT molecular complexity index is 553. The van der Waals surface area contributed by atoms with E-state index in [1.165, 1.54) is 4.52 Å². The molecule has 0 atom stereocenters. The molecule has 2 heterocycles. The quantitative estimate of drug-likeness (QED) is 0.808. The molecule has 0 radical (unpaired) electrons. The monoisotopic (exact) mass is 274 g/mol. The van der Waals surface area contributed by atoms with E-state index < -0.39 is 0 Å². The van der Waals surface area contributed by atoms with E-state index in [1.807, 2.05) is 20.8 Å². The SMILES string of the molecule is CCOc1nc2nc(Cl)c(C(C)C)c(Cl)n2n1. The van der Waals surface area contributed by atoms with E-state index in [4.69, 9.17) is 27.9 Å². The number of halogens is 2. The molecule has 17 heavy (non-hydrogen) atoms. The van der Waals surface area contributed by atoms with Gasteiger partial charge in [-0.3, -0.25) is 0 Å². The molecule has 0 aromatic carbocycles. The molecule has 0 saturated heterocycles. The number of hydrogen-bond donors (Lipinski definition) is 0. The van der Waals surface area contributed by atoms with Crippen LogP contribution in [0.1, 0.15) is 32.3 Å². The highest BCUT2D eigenvalue weighted by molar-refractivity contribution is 6.35. The van der Waals surface area contributed by atoms with E-state index in [-0.39, 0.29) is 11.9 Å². The van der Waals surface area contributed by atoms with Crippen LogP contribution in [-0.2, 0) is 0 Å². The van der Waals surface area contributed by atoms with Crippen molar-refractivity contribution in [3.63, 3.8) is 0 Å². The minimum atomic E-state index is 0.159. The van der Waals surface area contributed by atoms with Crippen LogP contribution in [0.4, 0.5) is 0 Å². The molecule has 0 aliphatic carbocycles. The molecule has 2 rings (SSSR count). The highest BCUT2D eigenvalue weighted by Gasteiger charge is 2.18. The summed E-state index contributed by atoms with van der Waals surface area (Å²) in [5.74, 6) is 0.500. The van der Waals surface area contributed by atoms with E-state index in [1.54, 1.807) is 0 Å². The molecule has 0 N–H and O–H groups in total. The van der Waals surface area contributed by atoms with Gasteiger partial charge in [0.15, 0.2) is 0 Å². The summed E-state index contributed by atoms with van der Waals surface area (Å²) < 4.78 is 6.64. The number of ether oxygens (including phenoxy) is 1. The fourth-order valence-corrected chi connectivity index (χ4v) is 2.36. The number of aromatic nitrogens is 4. The smallest absolute Gasteiger partial charge is 0.337 e. The average molecular weight is 275 g/mol. The van der Waals surface area contributed by atoms with Crippen molar-refractivity contribution in [2.24, 2.45) is 0 Å². The molecule has 7 heteroatoms. The Morgan fingerprint density at radius 1 is 1.29 bits per heavy atom. The molecule has 2 aromatic heterocycles. The van der Waals surface area contributed by atoms with Gasteiger partial charge in [0.1, 0.15) is 10.3 Å². The standard InChI is InChI=1S/C10H12Cl2N4O/c1-4-17-10-14-9-13-7(11)6(5(2)3)8(12)16(9)15-10/h5H,4H2,1-3H3. The number of nitrogens with zero attached hydrogens (tertiary/aromatic N) is 4. The molecule has 0 aliphatic heterocycles. The van der Waals surface area contributed by atoms with Crippen molar-refractivity contribution in [1.82, 2.24) is 19.6 Å². The van der Waals surface area contributed by atoms with E-state index >= 15 is 0 Å². The Morgan fingerprint density at radius 3 is 2.59 bits per heavy atom. The minimum Gasteiger partial charge on any atom is -0.463 e. The zero-order chi connectivity index (χ0) is 12.6. The Hall–Kier alpha value is -1.07. The van der Waals surface area contributed by atoms with Crippen LogP contribution in [0, 0.1) is 0 Å². The van der Waals surface area contributed by atoms with Crippen LogP contribution in [0.15, 0.2) is 0 Å². The third kappa shape index (κ3) is 2.17. The molecule has 0 saturated carbocycles. The van der Waals surface area contributed by atoms with Crippen LogP contribution < -0.4 is 4.74 Å². The lowest BCUT2D eigenvalue weighted by atomic mass is 10.1. The maximum atomic E-state index is 6.24. The molecule has 0 spiro atoms. The first-order valence-corrected chi connectivity index (χ1v) is 6.04. The first-order chi connectivity index (χ1) is 8.04. The first-order valence-electron chi connectivity index (χ1n) is 5.29. The second-order valence-corrected chi connectivity index (χ2v) is 4.52. The number of hydrogen-bond acceptors (Lipinski definition) is 4. The number of rotatable bonds is 3. The van der Waals surface area contributed by atoms with Crippen LogP contribution in [0.3, 0.4) is 0 Å². The summed E-state index contributed by atoms with van der Waals surface area (Å²) in [5, 5.41) is 4.90. The second kappa shape index (κ2) is 4.66. The minimum absolute atomic E-state index is 0.159. The van der Waals surface area contributed by atoms with Gasteiger partial charge < -0.3 is 4.74 Å². The Kier molecular flexibility index (Phi) is 3.40. The second-order valence-electron chi connectivity index (χ2n) is 3.80. The lowest BCUT2D eigenvalue weighted by Crippen LogP contribution is -2.02. The molecular weight excluding hydrogens is 263 g/mol. The van der Waals surface area contributed by atoms with Crippen molar-refractivity contribution in [2.45, 2.75) is 26.7 Å². The van der Waals surface area contributed by atoms with Gasteiger partial charge >= 0.3 is 6.01 Å². The Morgan fingerprint density at radius 2 is 2.00 bits per heavy atom. The van der Waals surface area contributed by atoms with Gasteiger partial charge in [-0.1, -0.05) is 37.0 Å². The Balaban J connectivity index is 2.65. The summed E-state index contributed by atoms with van der Waals surface area (Å²) in [6.07, 6.45) is 0. The largest absolute Gasteiger partial charge is 0.463 e. The summed E-state index contributed by atoms with van der Waals surface area (Å²) in [6.45, 7) is 6.31. The molecule has 0 unspecified atom stereocenters. The third-order valence-corrected chi connectivity index (χ3v) is 2.90. The molecule has 92 valence electrons. The summed E-state index contributed by atoms with van der Waals surface area (Å²) in [6, 6.07) is 0.249. The van der Waals surface area contributed by atoms with Gasteiger partial charge in [0.05, 0.1) is 6.61 Å². The van der Waals surface area contributed by atoms with E-state index in [9.17, 15) is 0 Å². The molecular formula is C10H12Cl2N4O. The van der Waals surface area contributed by atoms with Gasteiger partial charge in [-0.25, -0.2) is 0 Å².